The fourth-order valence-corrected chi connectivity index (χ4v) is 1.50. The molecule has 0 unspecified atom stereocenters. The first-order chi connectivity index (χ1) is 7.25. The van der Waals surface area contributed by atoms with E-state index in [9.17, 15) is 0 Å². The van der Waals surface area contributed by atoms with E-state index in [1.807, 2.05) is 18.1 Å². The van der Waals surface area contributed by atoms with E-state index in [-0.39, 0.29) is 24.8 Å². The normalized spacial score (nSPS) is 19.9. The number of anilines is 1. The first-order valence-electron chi connectivity index (χ1n) is 5.19. The first-order valence-corrected chi connectivity index (χ1v) is 5.19. The van der Waals surface area contributed by atoms with Gasteiger partial charge in [0.1, 0.15) is 5.82 Å². The Morgan fingerprint density at radius 2 is 2.24 bits per heavy atom. The molecule has 0 saturated carbocycles. The third kappa shape index (κ3) is 4.63. The lowest BCUT2D eigenvalue weighted by atomic mass is 10.4. The molecule has 0 bridgehead atoms. The van der Waals surface area contributed by atoms with E-state index in [1.165, 1.54) is 0 Å². The lowest BCUT2D eigenvalue weighted by Gasteiger charge is -2.19. The summed E-state index contributed by atoms with van der Waals surface area (Å²) in [5.41, 5.74) is 0. The Hall–Kier alpha value is -0.620. The summed E-state index contributed by atoms with van der Waals surface area (Å²) in [6.45, 7) is 6.37. The van der Waals surface area contributed by atoms with Gasteiger partial charge in [-0.1, -0.05) is 0 Å². The van der Waals surface area contributed by atoms with Crippen LogP contribution in [0.5, 0.6) is 0 Å². The van der Waals surface area contributed by atoms with Crippen LogP contribution in [0, 0.1) is 6.92 Å². The minimum atomic E-state index is 0. The predicted molar refractivity (Wildman–Crippen MR) is 72.0 cm³/mol. The molecular weight excluding hydrogens is 263 g/mol. The molecule has 1 atom stereocenters. The molecule has 5 nitrogen and oxygen atoms in total. The molecule has 1 aromatic rings. The van der Waals surface area contributed by atoms with E-state index < -0.39 is 0 Å². The van der Waals surface area contributed by atoms with Gasteiger partial charge in [0.15, 0.2) is 5.82 Å². The van der Waals surface area contributed by atoms with Gasteiger partial charge >= 0.3 is 0 Å². The topological polar surface area (TPSA) is 50.3 Å². The maximum Gasteiger partial charge on any atom is 0.156 e. The van der Waals surface area contributed by atoms with E-state index >= 15 is 0 Å². The number of hydrogen-bond acceptors (Lipinski definition) is 5. The molecule has 1 fully saturated rings. The molecule has 1 aliphatic rings. The van der Waals surface area contributed by atoms with E-state index in [2.05, 4.69) is 22.2 Å². The van der Waals surface area contributed by atoms with Gasteiger partial charge in [-0.3, -0.25) is 4.84 Å². The summed E-state index contributed by atoms with van der Waals surface area (Å²) in [5.74, 6) is 1.60. The maximum atomic E-state index is 5.64. The predicted octanol–water partition coefficient (Wildman–Crippen LogP) is 1.36. The van der Waals surface area contributed by atoms with Crippen LogP contribution in [0.4, 0.5) is 5.82 Å². The molecule has 0 spiro atoms. The summed E-state index contributed by atoms with van der Waals surface area (Å²) in [6.07, 6.45) is 1.75. The molecule has 2 heterocycles. The van der Waals surface area contributed by atoms with Crippen molar-refractivity contribution in [3.63, 3.8) is 0 Å². The smallest absolute Gasteiger partial charge is 0.156 e. The highest BCUT2D eigenvalue weighted by atomic mass is 35.5. The van der Waals surface area contributed by atoms with Crippen molar-refractivity contribution in [1.82, 2.24) is 15.3 Å². The molecule has 1 aromatic heterocycles. The first kappa shape index (κ1) is 16.4. The van der Waals surface area contributed by atoms with Crippen molar-refractivity contribution < 1.29 is 4.84 Å². The SMILES string of the molecule is Cc1nccc(N2CCN[C@H](C)CO2)n1.Cl.Cl. The summed E-state index contributed by atoms with van der Waals surface area (Å²) >= 11 is 0. The Bertz CT molecular complexity index is 340. The van der Waals surface area contributed by atoms with E-state index in [0.717, 1.165) is 24.7 Å². The van der Waals surface area contributed by atoms with Gasteiger partial charge in [-0.2, -0.15) is 0 Å². The highest BCUT2D eigenvalue weighted by molar-refractivity contribution is 5.85. The number of hydrogen-bond donors (Lipinski definition) is 1. The molecule has 1 saturated heterocycles. The average Bonchev–Trinajstić information content (AvgIpc) is 2.43. The van der Waals surface area contributed by atoms with Crippen molar-refractivity contribution in [1.29, 1.82) is 0 Å². The highest BCUT2D eigenvalue weighted by Gasteiger charge is 2.15. The monoisotopic (exact) mass is 280 g/mol. The largest absolute Gasteiger partial charge is 0.310 e. The van der Waals surface area contributed by atoms with Crippen LogP contribution in [0.1, 0.15) is 12.7 Å². The molecule has 98 valence electrons. The molecule has 7 heteroatoms. The molecule has 2 rings (SSSR count). The Labute approximate surface area is 114 Å². The van der Waals surface area contributed by atoms with Crippen LogP contribution in [0.3, 0.4) is 0 Å². The van der Waals surface area contributed by atoms with E-state index in [1.54, 1.807) is 6.20 Å². The minimum absolute atomic E-state index is 0. The third-order valence-corrected chi connectivity index (χ3v) is 2.30. The number of aryl methyl sites for hydroxylation is 1. The second kappa shape index (κ2) is 7.66. The molecule has 0 aromatic carbocycles. The minimum Gasteiger partial charge on any atom is -0.310 e. The van der Waals surface area contributed by atoms with Crippen molar-refractivity contribution in [2.24, 2.45) is 0 Å². The summed E-state index contributed by atoms with van der Waals surface area (Å²) in [4.78, 5) is 14.0. The zero-order valence-electron chi connectivity index (χ0n) is 9.92. The summed E-state index contributed by atoms with van der Waals surface area (Å²) in [6, 6.07) is 2.25. The van der Waals surface area contributed by atoms with Crippen LogP contribution < -0.4 is 10.4 Å². The molecule has 1 aliphatic heterocycles. The second-order valence-electron chi connectivity index (χ2n) is 3.72. The Balaban J connectivity index is 0.00000128. The van der Waals surface area contributed by atoms with Crippen molar-refractivity contribution in [3.8, 4) is 0 Å². The standard InChI is InChI=1S/C10H16N4O.2ClH/c1-8-7-15-14(6-5-11-8)10-3-4-12-9(2)13-10;;/h3-4,8,11H,5-7H2,1-2H3;2*1H/t8-;;/m1../s1. The van der Waals surface area contributed by atoms with Gasteiger partial charge in [0.05, 0.1) is 13.2 Å². The number of hydroxylamine groups is 1. The molecule has 0 radical (unpaired) electrons. The Morgan fingerprint density at radius 1 is 1.47 bits per heavy atom. The van der Waals surface area contributed by atoms with Crippen LogP contribution >= 0.6 is 24.8 Å². The average molecular weight is 281 g/mol. The van der Waals surface area contributed by atoms with Gasteiger partial charge < -0.3 is 5.32 Å². The molecule has 0 amide bonds. The number of nitrogens with zero attached hydrogens (tertiary/aromatic N) is 3. The Kier molecular flexibility index (Phi) is 7.38. The quantitative estimate of drug-likeness (QED) is 0.842. The number of nitrogens with one attached hydrogen (secondary N) is 1. The van der Waals surface area contributed by atoms with Gasteiger partial charge in [0.2, 0.25) is 0 Å². The fraction of sp³-hybridized carbons (Fsp3) is 0.600. The van der Waals surface area contributed by atoms with Crippen LogP contribution in [0.25, 0.3) is 0 Å². The van der Waals surface area contributed by atoms with E-state index in [4.69, 9.17) is 4.84 Å². The van der Waals surface area contributed by atoms with Gasteiger partial charge in [-0.25, -0.2) is 15.0 Å². The summed E-state index contributed by atoms with van der Waals surface area (Å²) < 4.78 is 0. The van der Waals surface area contributed by atoms with Gasteiger partial charge in [-0.05, 0) is 13.8 Å². The van der Waals surface area contributed by atoms with Crippen LogP contribution in [-0.4, -0.2) is 35.7 Å². The maximum absolute atomic E-state index is 5.64. The third-order valence-electron chi connectivity index (χ3n) is 2.30. The van der Waals surface area contributed by atoms with Gasteiger partial charge in [0, 0.05) is 24.8 Å². The van der Waals surface area contributed by atoms with Crippen LogP contribution in [-0.2, 0) is 4.84 Å². The molecule has 0 aliphatic carbocycles. The summed E-state index contributed by atoms with van der Waals surface area (Å²) in [7, 11) is 0. The number of rotatable bonds is 1. The molecule has 1 N–H and O–H groups in total. The lowest BCUT2D eigenvalue weighted by Crippen LogP contribution is -2.29. The zero-order valence-corrected chi connectivity index (χ0v) is 11.6. The fourth-order valence-electron chi connectivity index (χ4n) is 1.50. The number of aromatic nitrogens is 2. The number of halogens is 2. The van der Waals surface area contributed by atoms with Crippen LogP contribution in [0.15, 0.2) is 12.3 Å². The van der Waals surface area contributed by atoms with Crippen molar-refractivity contribution in [3.05, 3.63) is 18.1 Å². The van der Waals surface area contributed by atoms with Crippen molar-refractivity contribution in [2.45, 2.75) is 19.9 Å². The highest BCUT2D eigenvalue weighted by Crippen LogP contribution is 2.11. The van der Waals surface area contributed by atoms with E-state index in [0.29, 0.717) is 12.6 Å². The summed E-state index contributed by atoms with van der Waals surface area (Å²) in [5, 5.41) is 5.17. The van der Waals surface area contributed by atoms with Crippen molar-refractivity contribution in [2.75, 3.05) is 24.8 Å². The van der Waals surface area contributed by atoms with Gasteiger partial charge in [-0.15, -0.1) is 24.8 Å². The molecule has 17 heavy (non-hydrogen) atoms. The zero-order chi connectivity index (χ0) is 10.7. The Morgan fingerprint density at radius 3 is 2.94 bits per heavy atom. The van der Waals surface area contributed by atoms with Crippen LogP contribution in [0.2, 0.25) is 0 Å². The van der Waals surface area contributed by atoms with Gasteiger partial charge in [0.25, 0.3) is 0 Å². The van der Waals surface area contributed by atoms with Crippen molar-refractivity contribution >= 4 is 30.6 Å². The second-order valence-corrected chi connectivity index (χ2v) is 3.72. The molecular formula is C10H18Cl2N4O. The lowest BCUT2D eigenvalue weighted by molar-refractivity contribution is 0.109.